The van der Waals surface area contributed by atoms with E-state index in [0.717, 1.165) is 22.4 Å². The summed E-state index contributed by atoms with van der Waals surface area (Å²) in [6, 6.07) is 11.0. The highest BCUT2D eigenvalue weighted by Crippen LogP contribution is 2.24. The number of aromatic nitrogens is 4. The van der Waals surface area contributed by atoms with Gasteiger partial charge in [-0.1, -0.05) is 36.0 Å². The molecule has 29 heavy (non-hydrogen) atoms. The quantitative estimate of drug-likeness (QED) is 0.491. The van der Waals surface area contributed by atoms with E-state index in [1.807, 2.05) is 39.0 Å². The Morgan fingerprint density at radius 3 is 2.52 bits per heavy atom. The lowest BCUT2D eigenvalue weighted by Crippen LogP contribution is -2.16. The van der Waals surface area contributed by atoms with Crippen LogP contribution in [0.4, 0.5) is 5.69 Å². The molecule has 0 saturated heterocycles. The average molecular weight is 411 g/mol. The van der Waals surface area contributed by atoms with E-state index in [4.69, 9.17) is 4.74 Å². The molecule has 0 aliphatic heterocycles. The van der Waals surface area contributed by atoms with Gasteiger partial charge in [0, 0.05) is 5.69 Å². The number of carbonyl (C=O) groups excluding carboxylic acids is 2. The van der Waals surface area contributed by atoms with E-state index in [1.54, 1.807) is 22.9 Å². The van der Waals surface area contributed by atoms with Gasteiger partial charge in [-0.2, -0.15) is 4.68 Å². The summed E-state index contributed by atoms with van der Waals surface area (Å²) in [6.07, 6.45) is 0. The van der Waals surface area contributed by atoms with Crippen molar-refractivity contribution >= 4 is 29.3 Å². The fourth-order valence-electron chi connectivity index (χ4n) is 2.87. The molecule has 9 heteroatoms. The molecular weight excluding hydrogens is 390 g/mol. The highest BCUT2D eigenvalue weighted by atomic mass is 32.2. The predicted octanol–water partition coefficient (Wildman–Crippen LogP) is 3.10. The number of esters is 1. The van der Waals surface area contributed by atoms with Crippen LogP contribution in [-0.2, 0) is 9.53 Å². The van der Waals surface area contributed by atoms with E-state index in [0.29, 0.717) is 16.4 Å². The van der Waals surface area contributed by atoms with E-state index < -0.39 is 5.97 Å². The van der Waals surface area contributed by atoms with Gasteiger partial charge in [-0.3, -0.25) is 4.79 Å². The fourth-order valence-corrected chi connectivity index (χ4v) is 3.54. The third-order valence-electron chi connectivity index (χ3n) is 4.36. The molecule has 0 aliphatic carbocycles. The monoisotopic (exact) mass is 411 g/mol. The van der Waals surface area contributed by atoms with Crippen molar-refractivity contribution in [2.45, 2.75) is 25.9 Å². The topological polar surface area (TPSA) is 99.0 Å². The summed E-state index contributed by atoms with van der Waals surface area (Å²) in [4.78, 5) is 24.2. The molecule has 0 atom stereocenters. The van der Waals surface area contributed by atoms with Crippen molar-refractivity contribution in [2.24, 2.45) is 0 Å². The lowest BCUT2D eigenvalue weighted by molar-refractivity contribution is -0.113. The second kappa shape index (κ2) is 8.87. The maximum absolute atomic E-state index is 12.5. The van der Waals surface area contributed by atoms with Crippen LogP contribution in [0.15, 0.2) is 41.6 Å². The minimum absolute atomic E-state index is 0.118. The molecule has 0 unspecified atom stereocenters. The molecule has 8 nitrogen and oxygen atoms in total. The molecule has 0 saturated carbocycles. The molecule has 0 radical (unpaired) electrons. The van der Waals surface area contributed by atoms with Crippen molar-refractivity contribution in [1.29, 1.82) is 0 Å². The number of methoxy groups -OCH3 is 1. The molecule has 3 aromatic rings. The zero-order valence-electron chi connectivity index (χ0n) is 16.6. The van der Waals surface area contributed by atoms with Crippen molar-refractivity contribution < 1.29 is 14.3 Å². The lowest BCUT2D eigenvalue weighted by Gasteiger charge is -2.11. The highest BCUT2D eigenvalue weighted by molar-refractivity contribution is 7.99. The molecule has 150 valence electrons. The summed E-state index contributed by atoms with van der Waals surface area (Å²) in [7, 11) is 1.32. The molecular formula is C20H21N5O3S. The van der Waals surface area contributed by atoms with Gasteiger partial charge in [0.15, 0.2) is 0 Å². The Kier molecular flexibility index (Phi) is 6.28. The minimum Gasteiger partial charge on any atom is -0.465 e. The van der Waals surface area contributed by atoms with E-state index in [2.05, 4.69) is 20.8 Å². The SMILES string of the molecule is COC(=O)c1ccc(C)c(NC(=O)CSc2nnnn2-c2c(C)cccc2C)c1. The molecule has 1 N–H and O–H groups in total. The van der Waals surface area contributed by atoms with Gasteiger partial charge >= 0.3 is 5.97 Å². The van der Waals surface area contributed by atoms with E-state index in [9.17, 15) is 9.59 Å². The van der Waals surface area contributed by atoms with Crippen molar-refractivity contribution in [3.05, 3.63) is 58.7 Å². The largest absolute Gasteiger partial charge is 0.465 e. The van der Waals surface area contributed by atoms with Crippen LogP contribution in [0.25, 0.3) is 5.69 Å². The fraction of sp³-hybridized carbons (Fsp3) is 0.250. The number of aryl methyl sites for hydroxylation is 3. The third kappa shape index (κ3) is 4.62. The molecule has 0 fully saturated rings. The maximum Gasteiger partial charge on any atom is 0.337 e. The van der Waals surface area contributed by atoms with Crippen LogP contribution in [0.3, 0.4) is 0 Å². The minimum atomic E-state index is -0.456. The third-order valence-corrected chi connectivity index (χ3v) is 5.28. The molecule has 1 heterocycles. The van der Waals surface area contributed by atoms with Gasteiger partial charge in [0.2, 0.25) is 11.1 Å². The first-order valence-corrected chi connectivity index (χ1v) is 9.86. The number of rotatable bonds is 6. The van der Waals surface area contributed by atoms with E-state index in [1.165, 1.54) is 18.9 Å². The van der Waals surface area contributed by atoms with Gasteiger partial charge in [0.05, 0.1) is 24.1 Å². The average Bonchev–Trinajstić information content (AvgIpc) is 3.15. The summed E-state index contributed by atoms with van der Waals surface area (Å²) in [6.45, 7) is 5.83. The van der Waals surface area contributed by atoms with Crippen LogP contribution >= 0.6 is 11.8 Å². The van der Waals surface area contributed by atoms with Crippen LogP contribution in [0.5, 0.6) is 0 Å². The number of nitrogens with one attached hydrogen (secondary N) is 1. The Morgan fingerprint density at radius 1 is 1.10 bits per heavy atom. The molecule has 1 aromatic heterocycles. The summed E-state index contributed by atoms with van der Waals surface area (Å²) in [5.74, 6) is -0.563. The predicted molar refractivity (Wildman–Crippen MR) is 111 cm³/mol. The molecule has 2 aromatic carbocycles. The van der Waals surface area contributed by atoms with Gasteiger partial charge in [0.1, 0.15) is 0 Å². The number of anilines is 1. The lowest BCUT2D eigenvalue weighted by atomic mass is 10.1. The number of amides is 1. The van der Waals surface area contributed by atoms with Gasteiger partial charge in [-0.15, -0.1) is 5.10 Å². The molecule has 0 bridgehead atoms. The van der Waals surface area contributed by atoms with Gasteiger partial charge in [-0.05, 0) is 60.0 Å². The van der Waals surface area contributed by atoms with Crippen LogP contribution in [-0.4, -0.2) is 44.9 Å². The van der Waals surface area contributed by atoms with Crippen molar-refractivity contribution in [2.75, 3.05) is 18.2 Å². The number of ether oxygens (including phenoxy) is 1. The smallest absolute Gasteiger partial charge is 0.337 e. The zero-order valence-corrected chi connectivity index (χ0v) is 17.4. The number of benzene rings is 2. The normalized spacial score (nSPS) is 10.6. The second-order valence-electron chi connectivity index (χ2n) is 6.47. The maximum atomic E-state index is 12.5. The first-order valence-electron chi connectivity index (χ1n) is 8.87. The Hall–Kier alpha value is -3.20. The molecule has 0 spiro atoms. The van der Waals surface area contributed by atoms with Crippen LogP contribution < -0.4 is 5.32 Å². The molecule has 1 amide bonds. The molecule has 0 aliphatic rings. The highest BCUT2D eigenvalue weighted by Gasteiger charge is 2.16. The first kappa shape index (κ1) is 20.5. The van der Waals surface area contributed by atoms with Gasteiger partial charge in [0.25, 0.3) is 0 Å². The number of carbonyl (C=O) groups is 2. The van der Waals surface area contributed by atoms with Crippen LogP contribution in [0.2, 0.25) is 0 Å². The summed E-state index contributed by atoms with van der Waals surface area (Å²) in [5, 5.41) is 15.2. The van der Waals surface area contributed by atoms with E-state index >= 15 is 0 Å². The van der Waals surface area contributed by atoms with Crippen LogP contribution in [0, 0.1) is 20.8 Å². The Bertz CT molecular complexity index is 1040. The van der Waals surface area contributed by atoms with Gasteiger partial charge in [-0.25, -0.2) is 4.79 Å². The Labute approximate surface area is 172 Å². The summed E-state index contributed by atoms with van der Waals surface area (Å²) < 4.78 is 6.37. The number of para-hydroxylation sites is 1. The standard InChI is InChI=1S/C20H21N5O3S/c1-12-8-9-15(19(27)28-4)10-16(12)21-17(26)11-29-20-22-23-24-25(20)18-13(2)6-5-7-14(18)3/h5-10H,11H2,1-4H3,(H,21,26). The van der Waals surface area contributed by atoms with Gasteiger partial charge < -0.3 is 10.1 Å². The number of hydrogen-bond acceptors (Lipinski definition) is 7. The summed E-state index contributed by atoms with van der Waals surface area (Å²) >= 11 is 1.24. The van der Waals surface area contributed by atoms with Crippen molar-refractivity contribution in [3.63, 3.8) is 0 Å². The second-order valence-corrected chi connectivity index (χ2v) is 7.41. The van der Waals surface area contributed by atoms with E-state index in [-0.39, 0.29) is 11.7 Å². The number of nitrogens with zero attached hydrogens (tertiary/aromatic N) is 4. The number of tetrazole rings is 1. The number of hydrogen-bond donors (Lipinski definition) is 1. The Morgan fingerprint density at radius 2 is 1.83 bits per heavy atom. The zero-order chi connectivity index (χ0) is 21.0. The Balaban J connectivity index is 1.72. The first-order chi connectivity index (χ1) is 13.9. The van der Waals surface area contributed by atoms with Crippen molar-refractivity contribution in [1.82, 2.24) is 20.2 Å². The van der Waals surface area contributed by atoms with Crippen LogP contribution in [0.1, 0.15) is 27.0 Å². The molecule has 3 rings (SSSR count). The summed E-state index contributed by atoms with van der Waals surface area (Å²) in [5.41, 5.74) is 4.77. The van der Waals surface area contributed by atoms with Crippen molar-refractivity contribution in [3.8, 4) is 5.69 Å². The number of thioether (sulfide) groups is 1.